The predicted molar refractivity (Wildman–Crippen MR) is 60.7 cm³/mol. The van der Waals surface area contributed by atoms with E-state index in [-0.39, 0.29) is 5.75 Å². The van der Waals surface area contributed by atoms with Gasteiger partial charge in [-0.2, -0.15) is 0 Å². The largest absolute Gasteiger partial charge is 0.506 e. The summed E-state index contributed by atoms with van der Waals surface area (Å²) in [5.41, 5.74) is 2.02. The number of rotatable bonds is 0. The van der Waals surface area contributed by atoms with Crippen LogP contribution in [0.15, 0.2) is 13.4 Å². The molecule has 0 bridgehead atoms. The molecule has 0 unspecified atom stereocenters. The quantitative estimate of drug-likeness (QED) is 0.733. The summed E-state index contributed by atoms with van der Waals surface area (Å²) >= 11 is 10.1. The van der Waals surface area contributed by atoms with E-state index in [0.717, 1.165) is 24.5 Å². The van der Waals surface area contributed by atoms with E-state index in [1.165, 1.54) is 0 Å². The average Bonchev–Trinajstić information content (AvgIpc) is 2.08. The highest BCUT2D eigenvalue weighted by Gasteiger charge is 2.13. The average molecular weight is 359 g/mol. The number of halogens is 3. The van der Waals surface area contributed by atoms with Gasteiger partial charge in [-0.15, -0.1) is 0 Å². The second kappa shape index (κ2) is 3.68. The maximum atomic E-state index is 9.58. The zero-order chi connectivity index (χ0) is 9.46. The van der Waals surface area contributed by atoms with Crippen molar-refractivity contribution >= 4 is 47.8 Å². The molecule has 66 valence electrons. The van der Waals surface area contributed by atoms with Crippen LogP contribution in [0.1, 0.15) is 11.1 Å². The minimum absolute atomic E-state index is 0.258. The minimum Gasteiger partial charge on any atom is -0.506 e. The molecule has 1 N–H and O–H groups in total. The number of benzene rings is 1. The van der Waals surface area contributed by atoms with Crippen molar-refractivity contribution in [2.24, 2.45) is 0 Å². The molecule has 0 amide bonds. The maximum Gasteiger partial charge on any atom is 0.144 e. The van der Waals surface area contributed by atoms with Crippen LogP contribution in [0.25, 0.3) is 0 Å². The molecule has 0 aliphatic heterocycles. The smallest absolute Gasteiger partial charge is 0.144 e. The Morgan fingerprint density at radius 2 is 1.17 bits per heavy atom. The summed E-state index contributed by atoms with van der Waals surface area (Å²) in [5, 5.41) is 9.58. The fourth-order valence-electron chi connectivity index (χ4n) is 0.926. The lowest BCUT2D eigenvalue weighted by Crippen LogP contribution is -1.87. The first-order chi connectivity index (χ1) is 5.46. The molecule has 12 heavy (non-hydrogen) atoms. The molecule has 1 aromatic carbocycles. The Balaban J connectivity index is 3.60. The number of hydrogen-bond donors (Lipinski definition) is 1. The molecule has 0 saturated carbocycles. The summed E-state index contributed by atoms with van der Waals surface area (Å²) in [6, 6.07) is 0. The van der Waals surface area contributed by atoms with Gasteiger partial charge in [-0.05, 0) is 56.8 Å². The number of aromatic hydroxyl groups is 1. The summed E-state index contributed by atoms with van der Waals surface area (Å²) in [6.45, 7) is 3.88. The highest BCUT2D eigenvalue weighted by molar-refractivity contribution is 9.11. The summed E-state index contributed by atoms with van der Waals surface area (Å²) in [6.07, 6.45) is 0. The Bertz CT molecular complexity index is 229. The fraction of sp³-hybridized carbons (Fsp3) is 0.250. The Hall–Kier alpha value is 0.460. The van der Waals surface area contributed by atoms with Gasteiger partial charge in [-0.1, -0.05) is 15.9 Å². The molecular weight excluding hydrogens is 352 g/mol. The molecular formula is C8H7Br3O. The van der Waals surface area contributed by atoms with Gasteiger partial charge in [0.1, 0.15) is 5.75 Å². The topological polar surface area (TPSA) is 20.2 Å². The van der Waals surface area contributed by atoms with Crippen LogP contribution >= 0.6 is 47.8 Å². The normalized spacial score (nSPS) is 10.4. The van der Waals surface area contributed by atoms with Crippen molar-refractivity contribution < 1.29 is 5.11 Å². The van der Waals surface area contributed by atoms with Crippen molar-refractivity contribution in [3.63, 3.8) is 0 Å². The van der Waals surface area contributed by atoms with E-state index in [4.69, 9.17) is 0 Å². The van der Waals surface area contributed by atoms with Crippen molar-refractivity contribution in [1.82, 2.24) is 0 Å². The Labute approximate surface area is 96.6 Å². The molecule has 1 aromatic rings. The number of phenols is 1. The monoisotopic (exact) mass is 356 g/mol. The predicted octanol–water partition coefficient (Wildman–Crippen LogP) is 4.30. The molecule has 0 heterocycles. The first-order valence-electron chi connectivity index (χ1n) is 3.29. The Kier molecular flexibility index (Phi) is 3.23. The second-order valence-electron chi connectivity index (χ2n) is 2.54. The van der Waals surface area contributed by atoms with Gasteiger partial charge in [0.15, 0.2) is 0 Å². The van der Waals surface area contributed by atoms with Gasteiger partial charge in [0, 0.05) is 4.47 Å². The van der Waals surface area contributed by atoms with E-state index >= 15 is 0 Å². The highest BCUT2D eigenvalue weighted by atomic mass is 79.9. The molecule has 0 saturated heterocycles. The van der Waals surface area contributed by atoms with Crippen LogP contribution in [0.4, 0.5) is 0 Å². The van der Waals surface area contributed by atoms with Gasteiger partial charge in [0.25, 0.3) is 0 Å². The molecule has 0 atom stereocenters. The molecule has 1 nitrogen and oxygen atoms in total. The van der Waals surface area contributed by atoms with Crippen molar-refractivity contribution in [2.45, 2.75) is 13.8 Å². The Morgan fingerprint density at radius 3 is 1.50 bits per heavy atom. The summed E-state index contributed by atoms with van der Waals surface area (Å²) in [5.74, 6) is 0.258. The fourth-order valence-corrected chi connectivity index (χ4v) is 2.91. The third-order valence-corrected chi connectivity index (χ3v) is 4.86. The lowest BCUT2D eigenvalue weighted by Gasteiger charge is -2.10. The van der Waals surface area contributed by atoms with Crippen LogP contribution in [0.2, 0.25) is 0 Å². The number of phenolic OH excluding ortho intramolecular Hbond substituents is 1. The van der Waals surface area contributed by atoms with Gasteiger partial charge in [0.2, 0.25) is 0 Å². The summed E-state index contributed by atoms with van der Waals surface area (Å²) in [7, 11) is 0. The molecule has 0 aromatic heterocycles. The first-order valence-corrected chi connectivity index (χ1v) is 5.67. The molecule has 1 rings (SSSR count). The van der Waals surface area contributed by atoms with E-state index < -0.39 is 0 Å². The molecule has 0 spiro atoms. The van der Waals surface area contributed by atoms with Gasteiger partial charge in [-0.25, -0.2) is 0 Å². The van der Waals surface area contributed by atoms with Crippen LogP contribution in [0, 0.1) is 13.8 Å². The van der Waals surface area contributed by atoms with E-state index in [0.29, 0.717) is 0 Å². The molecule has 4 heteroatoms. The van der Waals surface area contributed by atoms with Crippen LogP contribution in [0.3, 0.4) is 0 Å². The maximum absolute atomic E-state index is 9.58. The van der Waals surface area contributed by atoms with Crippen LogP contribution in [0.5, 0.6) is 5.75 Å². The minimum atomic E-state index is 0.258. The lowest BCUT2D eigenvalue weighted by atomic mass is 10.1. The first kappa shape index (κ1) is 10.5. The van der Waals surface area contributed by atoms with Gasteiger partial charge in [0.05, 0.1) is 8.95 Å². The SMILES string of the molecule is Cc1c(Br)c(C)c(Br)c(O)c1Br. The standard InChI is InChI=1S/C8H7Br3O/c1-3-5(9)4(2)7(11)8(12)6(3)10/h12H,1-2H3. The number of hydrogen-bond acceptors (Lipinski definition) is 1. The third kappa shape index (κ3) is 1.56. The second-order valence-corrected chi connectivity index (χ2v) is 4.92. The van der Waals surface area contributed by atoms with Crippen molar-refractivity contribution in [1.29, 1.82) is 0 Å². The van der Waals surface area contributed by atoms with E-state index in [2.05, 4.69) is 47.8 Å². The van der Waals surface area contributed by atoms with Gasteiger partial charge in [-0.3, -0.25) is 0 Å². The highest BCUT2D eigenvalue weighted by Crippen LogP contribution is 2.41. The van der Waals surface area contributed by atoms with Crippen molar-refractivity contribution in [3.8, 4) is 5.75 Å². The summed E-state index contributed by atoms with van der Waals surface area (Å²) < 4.78 is 2.47. The zero-order valence-corrected chi connectivity index (χ0v) is 11.3. The van der Waals surface area contributed by atoms with Crippen molar-refractivity contribution in [3.05, 3.63) is 24.5 Å². The molecule has 0 fully saturated rings. The lowest BCUT2D eigenvalue weighted by molar-refractivity contribution is 0.467. The van der Waals surface area contributed by atoms with Gasteiger partial charge < -0.3 is 5.11 Å². The van der Waals surface area contributed by atoms with E-state index in [1.54, 1.807) is 0 Å². The van der Waals surface area contributed by atoms with Crippen LogP contribution in [-0.2, 0) is 0 Å². The third-order valence-electron chi connectivity index (χ3n) is 1.73. The van der Waals surface area contributed by atoms with E-state index in [1.807, 2.05) is 13.8 Å². The zero-order valence-electron chi connectivity index (χ0n) is 6.58. The Morgan fingerprint density at radius 1 is 0.833 bits per heavy atom. The van der Waals surface area contributed by atoms with Gasteiger partial charge >= 0.3 is 0 Å². The van der Waals surface area contributed by atoms with Crippen LogP contribution in [-0.4, -0.2) is 5.11 Å². The van der Waals surface area contributed by atoms with Crippen LogP contribution < -0.4 is 0 Å². The van der Waals surface area contributed by atoms with Crippen molar-refractivity contribution in [2.75, 3.05) is 0 Å². The van der Waals surface area contributed by atoms with E-state index in [9.17, 15) is 5.11 Å². The molecule has 0 radical (unpaired) electrons. The molecule has 0 aliphatic carbocycles. The summed E-state index contributed by atoms with van der Waals surface area (Å²) in [4.78, 5) is 0. The molecule has 0 aliphatic rings.